The number of aromatic nitrogens is 1. The monoisotopic (exact) mass is 517 g/mol. The Morgan fingerprint density at radius 1 is 1.08 bits per heavy atom. The number of benzene rings is 1. The van der Waals surface area contributed by atoms with E-state index in [-0.39, 0.29) is 17.9 Å². The number of halogens is 1. The number of pyridine rings is 1. The van der Waals surface area contributed by atoms with E-state index in [2.05, 4.69) is 25.8 Å². The van der Waals surface area contributed by atoms with Crippen molar-refractivity contribution in [1.29, 1.82) is 0 Å². The molecule has 3 N–H and O–H groups in total. The first-order chi connectivity index (χ1) is 17.4. The third kappa shape index (κ3) is 7.73. The standard InChI is InChI=1S/C26H36ClN5O4/c1-4-35-22-14-19(15-23(25(22)27)36-5-2)17-32(21-8-10-28-11-9-21)24-7-6-20(16-31-24)26(34)30-13-12-29-18(3)33/h6-7,14-16,21,28H,4-5,8-13,17H2,1-3H3,(H,29,33)(H,30,34). The van der Waals surface area contributed by atoms with E-state index in [4.69, 9.17) is 21.1 Å². The lowest BCUT2D eigenvalue weighted by atomic mass is 10.0. The fraction of sp³-hybridized carbons (Fsp3) is 0.500. The number of nitrogens with zero attached hydrogens (tertiary/aromatic N) is 2. The highest BCUT2D eigenvalue weighted by Crippen LogP contribution is 2.37. The molecule has 1 aliphatic rings. The Balaban J connectivity index is 1.81. The van der Waals surface area contributed by atoms with Gasteiger partial charge < -0.3 is 30.3 Å². The number of carbonyl (C=O) groups is 2. The van der Waals surface area contributed by atoms with E-state index < -0.39 is 0 Å². The quantitative estimate of drug-likeness (QED) is 0.371. The first-order valence-electron chi connectivity index (χ1n) is 12.5. The van der Waals surface area contributed by atoms with Crippen LogP contribution in [0.15, 0.2) is 30.5 Å². The number of piperidine rings is 1. The highest BCUT2D eigenvalue weighted by atomic mass is 35.5. The maximum atomic E-state index is 12.5. The summed E-state index contributed by atoms with van der Waals surface area (Å²) in [7, 11) is 0. The smallest absolute Gasteiger partial charge is 0.252 e. The molecule has 2 aromatic rings. The Hall–Kier alpha value is -3.04. The van der Waals surface area contributed by atoms with Crippen LogP contribution < -0.4 is 30.3 Å². The predicted molar refractivity (Wildman–Crippen MR) is 141 cm³/mol. The van der Waals surface area contributed by atoms with E-state index in [9.17, 15) is 9.59 Å². The fourth-order valence-electron chi connectivity index (χ4n) is 4.16. The van der Waals surface area contributed by atoms with Gasteiger partial charge in [0.05, 0.1) is 18.8 Å². The van der Waals surface area contributed by atoms with Gasteiger partial charge in [-0.05, 0) is 69.6 Å². The van der Waals surface area contributed by atoms with Crippen LogP contribution in [0.5, 0.6) is 11.5 Å². The molecule has 2 amide bonds. The van der Waals surface area contributed by atoms with Crippen molar-refractivity contribution in [2.24, 2.45) is 0 Å². The van der Waals surface area contributed by atoms with E-state index in [0.717, 1.165) is 37.3 Å². The van der Waals surface area contributed by atoms with Crippen molar-refractivity contribution in [3.8, 4) is 11.5 Å². The molecule has 1 aromatic heterocycles. The molecular formula is C26H36ClN5O4. The number of hydrogen-bond acceptors (Lipinski definition) is 7. The Bertz CT molecular complexity index is 985. The molecule has 0 atom stereocenters. The van der Waals surface area contributed by atoms with Gasteiger partial charge in [0.1, 0.15) is 22.3 Å². The number of ether oxygens (including phenoxy) is 2. The second kappa shape index (κ2) is 13.9. The molecule has 0 radical (unpaired) electrons. The van der Waals surface area contributed by atoms with Gasteiger partial charge in [-0.25, -0.2) is 4.98 Å². The highest BCUT2D eigenvalue weighted by Gasteiger charge is 2.24. The van der Waals surface area contributed by atoms with Gasteiger partial charge >= 0.3 is 0 Å². The zero-order valence-electron chi connectivity index (χ0n) is 21.2. The summed E-state index contributed by atoms with van der Waals surface area (Å²) in [5, 5.41) is 9.34. The lowest BCUT2D eigenvalue weighted by Gasteiger charge is -2.36. The minimum absolute atomic E-state index is 0.129. The lowest BCUT2D eigenvalue weighted by Crippen LogP contribution is -2.43. The summed E-state index contributed by atoms with van der Waals surface area (Å²) in [6.07, 6.45) is 3.56. The molecule has 0 saturated carbocycles. The zero-order chi connectivity index (χ0) is 25.9. The van der Waals surface area contributed by atoms with Gasteiger partial charge in [-0.1, -0.05) is 11.6 Å². The third-order valence-electron chi connectivity index (χ3n) is 5.86. The van der Waals surface area contributed by atoms with Gasteiger partial charge in [0.15, 0.2) is 0 Å². The van der Waals surface area contributed by atoms with E-state index in [0.29, 0.717) is 54.9 Å². The summed E-state index contributed by atoms with van der Waals surface area (Å²) in [4.78, 5) is 30.4. The van der Waals surface area contributed by atoms with Crippen LogP contribution in [0.4, 0.5) is 5.82 Å². The van der Waals surface area contributed by atoms with Gasteiger partial charge in [-0.15, -0.1) is 0 Å². The van der Waals surface area contributed by atoms with Crippen molar-refractivity contribution in [3.05, 3.63) is 46.6 Å². The summed E-state index contributed by atoms with van der Waals surface area (Å²) < 4.78 is 11.5. The van der Waals surface area contributed by atoms with Crippen LogP contribution in [0.3, 0.4) is 0 Å². The molecule has 0 unspecified atom stereocenters. The van der Waals surface area contributed by atoms with Crippen LogP contribution in [0.1, 0.15) is 49.5 Å². The number of anilines is 1. The average Bonchev–Trinajstić information content (AvgIpc) is 2.88. The number of rotatable bonds is 12. The summed E-state index contributed by atoms with van der Waals surface area (Å²) in [6.45, 7) is 9.49. The first kappa shape index (κ1) is 27.5. The van der Waals surface area contributed by atoms with Gasteiger partial charge in [0, 0.05) is 38.8 Å². The van der Waals surface area contributed by atoms with E-state index in [1.807, 2.05) is 32.0 Å². The van der Waals surface area contributed by atoms with E-state index in [1.54, 1.807) is 12.3 Å². The Labute approximate surface area is 217 Å². The molecule has 36 heavy (non-hydrogen) atoms. The minimum Gasteiger partial charge on any atom is -0.492 e. The summed E-state index contributed by atoms with van der Waals surface area (Å²) in [5.41, 5.74) is 1.47. The summed E-state index contributed by atoms with van der Waals surface area (Å²) in [5.74, 6) is 1.64. The van der Waals surface area contributed by atoms with Crippen LogP contribution in [0, 0.1) is 0 Å². The van der Waals surface area contributed by atoms with E-state index >= 15 is 0 Å². The molecule has 3 rings (SSSR count). The van der Waals surface area contributed by atoms with Crippen LogP contribution >= 0.6 is 11.6 Å². The lowest BCUT2D eigenvalue weighted by molar-refractivity contribution is -0.118. The Kier molecular flexibility index (Phi) is 10.6. The molecule has 1 aliphatic heterocycles. The largest absolute Gasteiger partial charge is 0.492 e. The minimum atomic E-state index is -0.228. The van der Waals surface area contributed by atoms with Gasteiger partial charge in [0.25, 0.3) is 5.91 Å². The molecule has 0 aliphatic carbocycles. The molecule has 0 spiro atoms. The van der Waals surface area contributed by atoms with Crippen molar-refractivity contribution in [1.82, 2.24) is 20.9 Å². The zero-order valence-corrected chi connectivity index (χ0v) is 22.0. The molecule has 0 bridgehead atoms. The summed E-state index contributed by atoms with van der Waals surface area (Å²) >= 11 is 6.51. The van der Waals surface area contributed by atoms with Crippen LogP contribution in [-0.2, 0) is 11.3 Å². The second-order valence-corrected chi connectivity index (χ2v) is 8.90. The fourth-order valence-corrected chi connectivity index (χ4v) is 4.38. The molecule has 9 nitrogen and oxygen atoms in total. The predicted octanol–water partition coefficient (Wildman–Crippen LogP) is 3.16. The van der Waals surface area contributed by atoms with Crippen LogP contribution in [-0.4, -0.2) is 62.2 Å². The van der Waals surface area contributed by atoms with Gasteiger partial charge in [-0.2, -0.15) is 0 Å². The number of hydrogen-bond donors (Lipinski definition) is 3. The van der Waals surface area contributed by atoms with Crippen molar-refractivity contribution in [2.75, 3.05) is 44.3 Å². The van der Waals surface area contributed by atoms with Crippen molar-refractivity contribution in [3.63, 3.8) is 0 Å². The number of nitrogens with one attached hydrogen (secondary N) is 3. The van der Waals surface area contributed by atoms with E-state index in [1.165, 1.54) is 6.92 Å². The molecule has 196 valence electrons. The molecule has 1 saturated heterocycles. The van der Waals surface area contributed by atoms with Crippen LogP contribution in [0.25, 0.3) is 0 Å². The normalized spacial score (nSPS) is 13.7. The van der Waals surface area contributed by atoms with Crippen molar-refractivity contribution >= 4 is 29.2 Å². The number of amides is 2. The number of carbonyl (C=O) groups excluding carboxylic acids is 2. The first-order valence-corrected chi connectivity index (χ1v) is 12.8. The SMILES string of the molecule is CCOc1cc(CN(c2ccc(C(=O)NCCNC(C)=O)cn2)C2CCNCC2)cc(OCC)c1Cl. The average molecular weight is 518 g/mol. The topological polar surface area (TPSA) is 105 Å². The van der Waals surface area contributed by atoms with Gasteiger partial charge in [-0.3, -0.25) is 9.59 Å². The summed E-state index contributed by atoms with van der Waals surface area (Å²) in [6, 6.07) is 7.87. The molecular weight excluding hydrogens is 482 g/mol. The van der Waals surface area contributed by atoms with Gasteiger partial charge in [0.2, 0.25) is 5.91 Å². The maximum absolute atomic E-state index is 12.5. The van der Waals surface area contributed by atoms with Crippen molar-refractivity contribution < 1.29 is 19.1 Å². The third-order valence-corrected chi connectivity index (χ3v) is 6.23. The highest BCUT2D eigenvalue weighted by molar-refractivity contribution is 6.33. The Morgan fingerprint density at radius 3 is 2.28 bits per heavy atom. The van der Waals surface area contributed by atoms with Crippen LogP contribution in [0.2, 0.25) is 5.02 Å². The molecule has 1 fully saturated rings. The molecule has 2 heterocycles. The maximum Gasteiger partial charge on any atom is 0.252 e. The Morgan fingerprint density at radius 2 is 1.72 bits per heavy atom. The molecule has 10 heteroatoms. The second-order valence-electron chi connectivity index (χ2n) is 8.53. The van der Waals surface area contributed by atoms with Crippen molar-refractivity contribution in [2.45, 2.75) is 46.2 Å². The molecule has 1 aromatic carbocycles.